The summed E-state index contributed by atoms with van der Waals surface area (Å²) in [6, 6.07) is 10.0. The highest BCUT2D eigenvalue weighted by Crippen LogP contribution is 2.28. The van der Waals surface area contributed by atoms with E-state index in [9.17, 15) is 0 Å². The minimum atomic E-state index is 0.639. The Morgan fingerprint density at radius 2 is 2.09 bits per heavy atom. The molecule has 0 amide bonds. The first kappa shape index (κ1) is 13.8. The van der Waals surface area contributed by atoms with E-state index in [1.54, 1.807) is 13.3 Å². The Kier molecular flexibility index (Phi) is 3.44. The predicted octanol–water partition coefficient (Wildman–Crippen LogP) is 2.71. The molecule has 0 saturated carbocycles. The van der Waals surface area contributed by atoms with Gasteiger partial charge in [0.05, 0.1) is 6.61 Å². The van der Waals surface area contributed by atoms with Crippen molar-refractivity contribution in [3.8, 4) is 11.3 Å². The van der Waals surface area contributed by atoms with E-state index in [0.29, 0.717) is 6.61 Å². The molecule has 6 nitrogen and oxygen atoms in total. The van der Waals surface area contributed by atoms with Crippen molar-refractivity contribution in [3.05, 3.63) is 55.1 Å². The monoisotopic (exact) mass is 307 g/mol. The highest BCUT2D eigenvalue weighted by Gasteiger charge is 2.14. The molecule has 6 heteroatoms. The molecule has 4 aromatic heterocycles. The van der Waals surface area contributed by atoms with Crippen LogP contribution in [-0.4, -0.2) is 39.0 Å². The van der Waals surface area contributed by atoms with Crippen LogP contribution in [0.1, 0.15) is 0 Å². The summed E-state index contributed by atoms with van der Waals surface area (Å²) < 4.78 is 9.20. The van der Waals surface area contributed by atoms with Crippen molar-refractivity contribution in [2.45, 2.75) is 0 Å². The fraction of sp³-hybridized carbons (Fsp3) is 0.176. The number of imidazole rings is 2. The van der Waals surface area contributed by atoms with Crippen LogP contribution in [0.2, 0.25) is 0 Å². The smallest absolute Gasteiger partial charge is 0.139 e. The molecule has 4 rings (SSSR count). The Morgan fingerprint density at radius 3 is 3.00 bits per heavy atom. The summed E-state index contributed by atoms with van der Waals surface area (Å²) in [7, 11) is 1.70. The lowest BCUT2D eigenvalue weighted by Gasteiger charge is -2.08. The number of nitrogens with zero attached hydrogens (tertiary/aromatic N) is 4. The zero-order chi connectivity index (χ0) is 15.6. The van der Waals surface area contributed by atoms with Gasteiger partial charge in [-0.1, -0.05) is 6.07 Å². The van der Waals surface area contributed by atoms with Crippen LogP contribution in [0.25, 0.3) is 22.6 Å². The van der Waals surface area contributed by atoms with Crippen molar-refractivity contribution in [3.63, 3.8) is 0 Å². The van der Waals surface area contributed by atoms with Crippen molar-refractivity contribution >= 4 is 17.1 Å². The number of nitrogens with one attached hydrogen (secondary N) is 1. The molecule has 0 radical (unpaired) electrons. The third-order valence-electron chi connectivity index (χ3n) is 3.79. The molecule has 0 aliphatic heterocycles. The minimum absolute atomic E-state index is 0.639. The van der Waals surface area contributed by atoms with Gasteiger partial charge in [-0.15, -0.1) is 0 Å². The van der Waals surface area contributed by atoms with Crippen LogP contribution in [0.15, 0.2) is 55.1 Å². The number of methoxy groups -OCH3 is 1. The Hall–Kier alpha value is -2.86. The third kappa shape index (κ3) is 2.43. The largest absolute Gasteiger partial charge is 0.383 e. The lowest BCUT2D eigenvalue weighted by Crippen LogP contribution is -2.10. The first-order chi connectivity index (χ1) is 11.4. The zero-order valence-electron chi connectivity index (χ0n) is 12.8. The molecular weight excluding hydrogens is 290 g/mol. The number of ether oxygens (including phenoxy) is 1. The van der Waals surface area contributed by atoms with Crippen molar-refractivity contribution in [1.82, 2.24) is 18.8 Å². The number of hydrogen-bond acceptors (Lipinski definition) is 4. The molecule has 0 atom stereocenters. The molecule has 4 heterocycles. The van der Waals surface area contributed by atoms with Gasteiger partial charge in [0.25, 0.3) is 0 Å². The molecule has 0 unspecified atom stereocenters. The van der Waals surface area contributed by atoms with Crippen LogP contribution in [0, 0.1) is 0 Å². The zero-order valence-corrected chi connectivity index (χ0v) is 12.8. The quantitative estimate of drug-likeness (QED) is 0.576. The molecule has 0 bridgehead atoms. The van der Waals surface area contributed by atoms with Gasteiger partial charge < -0.3 is 14.5 Å². The van der Waals surface area contributed by atoms with Crippen LogP contribution in [0.3, 0.4) is 0 Å². The molecule has 0 spiro atoms. The first-order valence-corrected chi connectivity index (χ1v) is 7.50. The summed E-state index contributed by atoms with van der Waals surface area (Å²) in [5.74, 6) is 0.970. The molecule has 0 aliphatic rings. The van der Waals surface area contributed by atoms with Crippen LogP contribution >= 0.6 is 0 Å². The second kappa shape index (κ2) is 5.73. The number of aromatic nitrogens is 4. The fourth-order valence-corrected chi connectivity index (χ4v) is 2.70. The molecule has 23 heavy (non-hydrogen) atoms. The molecule has 0 aliphatic carbocycles. The summed E-state index contributed by atoms with van der Waals surface area (Å²) in [6.45, 7) is 1.36. The predicted molar refractivity (Wildman–Crippen MR) is 89.7 cm³/mol. The first-order valence-electron chi connectivity index (χ1n) is 7.50. The number of fused-ring (bicyclic) bond motifs is 2. The van der Waals surface area contributed by atoms with Crippen LogP contribution < -0.4 is 5.32 Å². The summed E-state index contributed by atoms with van der Waals surface area (Å²) in [5, 5.41) is 3.43. The topological polar surface area (TPSA) is 55.9 Å². The van der Waals surface area contributed by atoms with Crippen LogP contribution in [0.4, 0.5) is 5.82 Å². The second-order valence-corrected chi connectivity index (χ2v) is 5.27. The SMILES string of the molecule is COCCNc1c(-c2ccc3nccn3c2)nc2ccccn12. The van der Waals surface area contributed by atoms with Gasteiger partial charge in [-0.3, -0.25) is 4.40 Å². The summed E-state index contributed by atoms with van der Waals surface area (Å²) in [6.07, 6.45) is 7.79. The van der Waals surface area contributed by atoms with Crippen molar-refractivity contribution in [2.75, 3.05) is 25.6 Å². The number of rotatable bonds is 5. The maximum atomic E-state index is 5.14. The average Bonchev–Trinajstić information content (AvgIpc) is 3.19. The molecule has 116 valence electrons. The molecule has 1 N–H and O–H groups in total. The summed E-state index contributed by atoms with van der Waals surface area (Å²) in [5.41, 5.74) is 3.79. The van der Waals surface area contributed by atoms with Gasteiger partial charge in [-0.05, 0) is 24.3 Å². The second-order valence-electron chi connectivity index (χ2n) is 5.27. The molecule has 4 aromatic rings. The Balaban J connectivity index is 1.85. The fourth-order valence-electron chi connectivity index (χ4n) is 2.70. The molecule has 0 aromatic carbocycles. The minimum Gasteiger partial charge on any atom is -0.383 e. The van der Waals surface area contributed by atoms with Gasteiger partial charge in [0.2, 0.25) is 0 Å². The number of hydrogen-bond donors (Lipinski definition) is 1. The van der Waals surface area contributed by atoms with E-state index in [2.05, 4.69) is 14.7 Å². The van der Waals surface area contributed by atoms with E-state index in [1.165, 1.54) is 0 Å². The summed E-state index contributed by atoms with van der Waals surface area (Å²) in [4.78, 5) is 9.06. The average molecular weight is 307 g/mol. The maximum Gasteiger partial charge on any atom is 0.139 e. The Bertz CT molecular complexity index is 956. The van der Waals surface area contributed by atoms with Crippen molar-refractivity contribution in [1.29, 1.82) is 0 Å². The Morgan fingerprint density at radius 1 is 1.13 bits per heavy atom. The Labute approximate surface area is 133 Å². The lowest BCUT2D eigenvalue weighted by molar-refractivity contribution is 0.210. The molecular formula is C17H17N5O. The molecule has 0 saturated heterocycles. The van der Waals surface area contributed by atoms with Gasteiger partial charge in [0, 0.05) is 44.0 Å². The van der Waals surface area contributed by atoms with Crippen LogP contribution in [-0.2, 0) is 4.74 Å². The maximum absolute atomic E-state index is 5.14. The highest BCUT2D eigenvalue weighted by atomic mass is 16.5. The van der Waals surface area contributed by atoms with E-state index in [4.69, 9.17) is 9.72 Å². The van der Waals surface area contributed by atoms with Crippen LogP contribution in [0.5, 0.6) is 0 Å². The van der Waals surface area contributed by atoms with Crippen molar-refractivity contribution < 1.29 is 4.74 Å². The lowest BCUT2D eigenvalue weighted by atomic mass is 10.2. The van der Waals surface area contributed by atoms with Gasteiger partial charge in [-0.25, -0.2) is 9.97 Å². The van der Waals surface area contributed by atoms with E-state index < -0.39 is 0 Å². The van der Waals surface area contributed by atoms with E-state index >= 15 is 0 Å². The van der Waals surface area contributed by atoms with Gasteiger partial charge >= 0.3 is 0 Å². The van der Waals surface area contributed by atoms with E-state index in [0.717, 1.165) is 34.9 Å². The van der Waals surface area contributed by atoms with Gasteiger partial charge in [0.1, 0.15) is 22.8 Å². The molecule has 0 fully saturated rings. The third-order valence-corrected chi connectivity index (χ3v) is 3.79. The highest BCUT2D eigenvalue weighted by molar-refractivity contribution is 5.76. The van der Waals surface area contributed by atoms with E-state index in [1.807, 2.05) is 53.3 Å². The number of pyridine rings is 2. The summed E-state index contributed by atoms with van der Waals surface area (Å²) >= 11 is 0. The van der Waals surface area contributed by atoms with Gasteiger partial charge in [-0.2, -0.15) is 0 Å². The number of anilines is 1. The standard InChI is InChI=1S/C17H17N5O/c1-23-11-8-19-17-16(20-15-4-2-3-9-22(15)17)13-5-6-14-18-7-10-21(14)12-13/h2-7,9-10,12,19H,8,11H2,1H3. The normalized spacial score (nSPS) is 11.3. The van der Waals surface area contributed by atoms with E-state index in [-0.39, 0.29) is 0 Å². The van der Waals surface area contributed by atoms with Crippen molar-refractivity contribution in [2.24, 2.45) is 0 Å². The van der Waals surface area contributed by atoms with Gasteiger partial charge in [0.15, 0.2) is 0 Å².